The predicted molar refractivity (Wildman–Crippen MR) is 85.9 cm³/mol. The SMILES string of the molecule is O=C(CCNCc1ccc(F)cc1)NCCc1ccccc1. The van der Waals surface area contributed by atoms with Crippen molar-refractivity contribution >= 4 is 5.91 Å². The van der Waals surface area contributed by atoms with Crippen LogP contribution in [0.25, 0.3) is 0 Å². The Morgan fingerprint density at radius 2 is 1.64 bits per heavy atom. The lowest BCUT2D eigenvalue weighted by Gasteiger charge is -2.07. The summed E-state index contributed by atoms with van der Waals surface area (Å²) in [5, 5.41) is 6.09. The van der Waals surface area contributed by atoms with Gasteiger partial charge in [0.1, 0.15) is 5.82 Å². The molecule has 2 N–H and O–H groups in total. The van der Waals surface area contributed by atoms with E-state index < -0.39 is 0 Å². The fourth-order valence-corrected chi connectivity index (χ4v) is 2.12. The molecule has 0 aliphatic carbocycles. The monoisotopic (exact) mass is 300 g/mol. The van der Waals surface area contributed by atoms with E-state index in [4.69, 9.17) is 0 Å². The Morgan fingerprint density at radius 1 is 0.909 bits per heavy atom. The Hall–Kier alpha value is -2.20. The Morgan fingerprint density at radius 3 is 2.36 bits per heavy atom. The van der Waals surface area contributed by atoms with Gasteiger partial charge >= 0.3 is 0 Å². The van der Waals surface area contributed by atoms with Gasteiger partial charge in [0.25, 0.3) is 0 Å². The standard InChI is InChI=1S/C18H21FN2O/c19-17-8-6-16(7-9-17)14-20-12-11-18(22)21-13-10-15-4-2-1-3-5-15/h1-9,20H,10-14H2,(H,21,22). The molecule has 3 nitrogen and oxygen atoms in total. The van der Waals surface area contributed by atoms with E-state index in [1.807, 2.05) is 18.2 Å². The lowest BCUT2D eigenvalue weighted by Crippen LogP contribution is -2.29. The summed E-state index contributed by atoms with van der Waals surface area (Å²) in [4.78, 5) is 11.7. The highest BCUT2D eigenvalue weighted by atomic mass is 19.1. The quantitative estimate of drug-likeness (QED) is 0.736. The first-order chi connectivity index (χ1) is 10.7. The Kier molecular flexibility index (Phi) is 6.58. The largest absolute Gasteiger partial charge is 0.356 e. The van der Waals surface area contributed by atoms with E-state index >= 15 is 0 Å². The van der Waals surface area contributed by atoms with Crippen LogP contribution in [0.5, 0.6) is 0 Å². The molecule has 2 aromatic carbocycles. The lowest BCUT2D eigenvalue weighted by atomic mass is 10.1. The number of rotatable bonds is 8. The third kappa shape index (κ3) is 6.06. The lowest BCUT2D eigenvalue weighted by molar-refractivity contribution is -0.120. The molecular formula is C18H21FN2O. The van der Waals surface area contributed by atoms with Gasteiger partial charge in [-0.05, 0) is 29.7 Å². The molecule has 2 rings (SSSR count). The van der Waals surface area contributed by atoms with E-state index in [9.17, 15) is 9.18 Å². The molecule has 0 radical (unpaired) electrons. The van der Waals surface area contributed by atoms with Gasteiger partial charge in [-0.25, -0.2) is 4.39 Å². The van der Waals surface area contributed by atoms with Gasteiger partial charge in [-0.2, -0.15) is 0 Å². The summed E-state index contributed by atoms with van der Waals surface area (Å²) >= 11 is 0. The maximum absolute atomic E-state index is 12.7. The third-order valence-electron chi connectivity index (χ3n) is 3.35. The maximum atomic E-state index is 12.7. The average Bonchev–Trinajstić information content (AvgIpc) is 2.54. The molecule has 0 fully saturated rings. The number of hydrogen-bond donors (Lipinski definition) is 2. The zero-order valence-corrected chi connectivity index (χ0v) is 12.5. The summed E-state index contributed by atoms with van der Waals surface area (Å²) in [6.45, 7) is 1.90. The molecule has 0 saturated carbocycles. The van der Waals surface area contributed by atoms with Gasteiger partial charge in [0.05, 0.1) is 0 Å². The Bertz CT molecular complexity index is 569. The topological polar surface area (TPSA) is 41.1 Å². The molecule has 0 bridgehead atoms. The van der Waals surface area contributed by atoms with Gasteiger partial charge in [0.15, 0.2) is 0 Å². The number of amides is 1. The first kappa shape index (κ1) is 16.2. The van der Waals surface area contributed by atoms with Crippen molar-refractivity contribution < 1.29 is 9.18 Å². The highest BCUT2D eigenvalue weighted by Gasteiger charge is 2.01. The van der Waals surface area contributed by atoms with Crippen LogP contribution in [0.3, 0.4) is 0 Å². The predicted octanol–water partition coefficient (Wildman–Crippen LogP) is 2.66. The van der Waals surface area contributed by atoms with Crippen LogP contribution in [0.15, 0.2) is 54.6 Å². The van der Waals surface area contributed by atoms with E-state index in [-0.39, 0.29) is 11.7 Å². The molecule has 1 amide bonds. The number of carbonyl (C=O) groups is 1. The Balaban J connectivity index is 1.55. The summed E-state index contributed by atoms with van der Waals surface area (Å²) in [6, 6.07) is 16.4. The molecular weight excluding hydrogens is 279 g/mol. The molecule has 116 valence electrons. The minimum Gasteiger partial charge on any atom is -0.356 e. The normalized spacial score (nSPS) is 10.4. The van der Waals surface area contributed by atoms with Crippen molar-refractivity contribution in [1.82, 2.24) is 10.6 Å². The molecule has 2 aromatic rings. The Labute approximate surface area is 130 Å². The summed E-state index contributed by atoms with van der Waals surface area (Å²) in [6.07, 6.45) is 1.28. The van der Waals surface area contributed by atoms with Crippen LogP contribution in [0.1, 0.15) is 17.5 Å². The van der Waals surface area contributed by atoms with E-state index in [1.165, 1.54) is 17.7 Å². The highest BCUT2D eigenvalue weighted by molar-refractivity contribution is 5.76. The van der Waals surface area contributed by atoms with E-state index in [1.54, 1.807) is 12.1 Å². The van der Waals surface area contributed by atoms with Crippen molar-refractivity contribution in [2.45, 2.75) is 19.4 Å². The first-order valence-corrected chi connectivity index (χ1v) is 7.50. The molecule has 22 heavy (non-hydrogen) atoms. The summed E-state index contributed by atoms with van der Waals surface area (Å²) < 4.78 is 12.7. The van der Waals surface area contributed by atoms with Gasteiger partial charge in [0, 0.05) is 26.1 Å². The van der Waals surface area contributed by atoms with Crippen LogP contribution in [0.2, 0.25) is 0 Å². The van der Waals surface area contributed by atoms with Crippen LogP contribution in [-0.2, 0) is 17.8 Å². The molecule has 4 heteroatoms. The maximum Gasteiger partial charge on any atom is 0.221 e. The minimum atomic E-state index is -0.235. The van der Waals surface area contributed by atoms with E-state index in [0.717, 1.165) is 12.0 Å². The van der Waals surface area contributed by atoms with Crippen molar-refractivity contribution in [1.29, 1.82) is 0 Å². The molecule has 0 aliphatic rings. The number of nitrogens with one attached hydrogen (secondary N) is 2. The third-order valence-corrected chi connectivity index (χ3v) is 3.35. The van der Waals surface area contributed by atoms with Gasteiger partial charge in [-0.15, -0.1) is 0 Å². The van der Waals surface area contributed by atoms with Crippen molar-refractivity contribution in [2.75, 3.05) is 13.1 Å². The van der Waals surface area contributed by atoms with Gasteiger partial charge < -0.3 is 10.6 Å². The second-order valence-electron chi connectivity index (χ2n) is 5.14. The summed E-state index contributed by atoms with van der Waals surface area (Å²) in [5.41, 5.74) is 2.23. The highest BCUT2D eigenvalue weighted by Crippen LogP contribution is 2.02. The van der Waals surface area contributed by atoms with Crippen molar-refractivity contribution in [3.63, 3.8) is 0 Å². The fourth-order valence-electron chi connectivity index (χ4n) is 2.12. The smallest absolute Gasteiger partial charge is 0.221 e. The number of hydrogen-bond acceptors (Lipinski definition) is 2. The fraction of sp³-hybridized carbons (Fsp3) is 0.278. The zero-order chi connectivity index (χ0) is 15.6. The van der Waals surface area contributed by atoms with Gasteiger partial charge in [-0.3, -0.25) is 4.79 Å². The average molecular weight is 300 g/mol. The second-order valence-corrected chi connectivity index (χ2v) is 5.14. The molecule has 0 unspecified atom stereocenters. The number of carbonyl (C=O) groups excluding carboxylic acids is 1. The molecule has 0 atom stereocenters. The van der Waals surface area contributed by atoms with Crippen molar-refractivity contribution in [3.8, 4) is 0 Å². The van der Waals surface area contributed by atoms with Crippen LogP contribution >= 0.6 is 0 Å². The van der Waals surface area contributed by atoms with Crippen LogP contribution in [-0.4, -0.2) is 19.0 Å². The molecule has 0 aliphatic heterocycles. The molecule has 0 aromatic heterocycles. The second kappa shape index (κ2) is 8.95. The van der Waals surface area contributed by atoms with Crippen LogP contribution in [0, 0.1) is 5.82 Å². The van der Waals surface area contributed by atoms with Crippen LogP contribution in [0.4, 0.5) is 4.39 Å². The number of benzene rings is 2. The van der Waals surface area contributed by atoms with E-state index in [2.05, 4.69) is 22.8 Å². The van der Waals surface area contributed by atoms with E-state index in [0.29, 0.717) is 26.1 Å². The minimum absolute atomic E-state index is 0.0440. The first-order valence-electron chi connectivity index (χ1n) is 7.50. The molecule has 0 heterocycles. The van der Waals surface area contributed by atoms with Crippen molar-refractivity contribution in [2.24, 2.45) is 0 Å². The van der Waals surface area contributed by atoms with Gasteiger partial charge in [-0.1, -0.05) is 42.5 Å². The summed E-state index contributed by atoms with van der Waals surface area (Å²) in [5.74, 6) is -0.191. The summed E-state index contributed by atoms with van der Waals surface area (Å²) in [7, 11) is 0. The molecule has 0 spiro atoms. The zero-order valence-electron chi connectivity index (χ0n) is 12.5. The molecule has 0 saturated heterocycles. The van der Waals surface area contributed by atoms with Gasteiger partial charge in [0.2, 0.25) is 5.91 Å². The van der Waals surface area contributed by atoms with Crippen molar-refractivity contribution in [3.05, 3.63) is 71.5 Å². The van der Waals surface area contributed by atoms with Crippen LogP contribution < -0.4 is 10.6 Å². The number of halogens is 1.